The highest BCUT2D eigenvalue weighted by atomic mass is 35.5. The summed E-state index contributed by atoms with van der Waals surface area (Å²) in [6.45, 7) is 0. The van der Waals surface area contributed by atoms with Gasteiger partial charge >= 0.3 is 0 Å². The molecule has 1 nitrogen and oxygen atoms in total. The van der Waals surface area contributed by atoms with Crippen molar-refractivity contribution in [1.29, 1.82) is 0 Å². The van der Waals surface area contributed by atoms with E-state index in [9.17, 15) is 0 Å². The fraction of sp³-hybridized carbons (Fsp3) is 0.0769. The first-order chi connectivity index (χ1) is 7.24. The minimum atomic E-state index is 0.296. The molecule has 1 N–H and O–H groups in total. The Labute approximate surface area is 94.0 Å². The second-order valence-corrected chi connectivity index (χ2v) is 3.91. The highest BCUT2D eigenvalue weighted by molar-refractivity contribution is 6.30. The maximum Gasteiger partial charge on any atom is 0.115 e. The zero-order valence-corrected chi connectivity index (χ0v) is 8.91. The molecule has 0 aliphatic carbocycles. The summed E-state index contributed by atoms with van der Waals surface area (Å²) in [5.41, 5.74) is 2.34. The van der Waals surface area contributed by atoms with Crippen molar-refractivity contribution < 1.29 is 5.11 Å². The summed E-state index contributed by atoms with van der Waals surface area (Å²) in [7, 11) is 0. The van der Waals surface area contributed by atoms with E-state index in [1.54, 1.807) is 12.1 Å². The molecule has 0 amide bonds. The van der Waals surface area contributed by atoms with Crippen LogP contribution in [0, 0.1) is 0 Å². The quantitative estimate of drug-likeness (QED) is 0.816. The first-order valence-corrected chi connectivity index (χ1v) is 5.14. The van der Waals surface area contributed by atoms with Crippen LogP contribution in [0.2, 0.25) is 5.02 Å². The number of hydrogen-bond donors (Lipinski definition) is 1. The number of aromatic hydroxyl groups is 1. The maximum atomic E-state index is 9.15. The molecule has 0 saturated carbocycles. The molecule has 0 aliphatic heterocycles. The predicted molar refractivity (Wildman–Crippen MR) is 62.4 cm³/mol. The average molecular weight is 219 g/mol. The molecule has 0 atom stereocenters. The third-order valence-corrected chi connectivity index (χ3v) is 2.47. The number of halogens is 1. The maximum absolute atomic E-state index is 9.15. The normalized spacial score (nSPS) is 10.2. The number of rotatable bonds is 2. The molecule has 2 aromatic carbocycles. The van der Waals surface area contributed by atoms with Crippen molar-refractivity contribution in [3.8, 4) is 5.75 Å². The van der Waals surface area contributed by atoms with Gasteiger partial charge in [0.2, 0.25) is 0 Å². The smallest absolute Gasteiger partial charge is 0.115 e. The highest BCUT2D eigenvalue weighted by Gasteiger charge is 1.97. The van der Waals surface area contributed by atoms with E-state index >= 15 is 0 Å². The van der Waals surface area contributed by atoms with Gasteiger partial charge < -0.3 is 5.11 Å². The summed E-state index contributed by atoms with van der Waals surface area (Å²) >= 11 is 5.90. The summed E-state index contributed by atoms with van der Waals surface area (Å²) in [6, 6.07) is 15.0. The second kappa shape index (κ2) is 4.37. The van der Waals surface area contributed by atoms with Gasteiger partial charge in [0, 0.05) is 5.02 Å². The summed E-state index contributed by atoms with van der Waals surface area (Å²) < 4.78 is 0. The monoisotopic (exact) mass is 218 g/mol. The van der Waals surface area contributed by atoms with Crippen LogP contribution in [0.5, 0.6) is 5.75 Å². The number of hydrogen-bond acceptors (Lipinski definition) is 1. The molecular formula is C13H11ClO. The van der Waals surface area contributed by atoms with Gasteiger partial charge in [-0.05, 0) is 41.8 Å². The van der Waals surface area contributed by atoms with Gasteiger partial charge in [0.25, 0.3) is 0 Å². The Kier molecular flexibility index (Phi) is 2.93. The molecule has 0 bridgehead atoms. The van der Waals surface area contributed by atoms with E-state index in [1.807, 2.05) is 36.4 Å². The summed E-state index contributed by atoms with van der Waals surface area (Å²) in [5.74, 6) is 0.296. The molecule has 0 spiro atoms. The molecule has 2 aromatic rings. The molecular weight excluding hydrogens is 208 g/mol. The second-order valence-electron chi connectivity index (χ2n) is 3.47. The lowest BCUT2D eigenvalue weighted by molar-refractivity contribution is 0.475. The Morgan fingerprint density at radius 1 is 0.933 bits per heavy atom. The predicted octanol–water partition coefficient (Wildman–Crippen LogP) is 3.64. The zero-order chi connectivity index (χ0) is 10.7. The van der Waals surface area contributed by atoms with Crippen molar-refractivity contribution in [2.45, 2.75) is 6.42 Å². The third-order valence-electron chi connectivity index (χ3n) is 2.23. The van der Waals surface area contributed by atoms with Crippen molar-refractivity contribution in [3.63, 3.8) is 0 Å². The highest BCUT2D eigenvalue weighted by Crippen LogP contribution is 2.16. The van der Waals surface area contributed by atoms with Crippen LogP contribution in [0.25, 0.3) is 0 Å². The molecule has 15 heavy (non-hydrogen) atoms. The van der Waals surface area contributed by atoms with Crippen molar-refractivity contribution in [2.24, 2.45) is 0 Å². The standard InChI is InChI=1S/C13H11ClO/c14-12-3-1-2-11(9-12)8-10-4-6-13(15)7-5-10/h1-7,9,15H,8H2. The molecule has 0 heterocycles. The lowest BCUT2D eigenvalue weighted by atomic mass is 10.1. The van der Waals surface area contributed by atoms with E-state index in [0.717, 1.165) is 17.0 Å². The SMILES string of the molecule is Oc1ccc(Cc2cccc(Cl)c2)cc1. The van der Waals surface area contributed by atoms with Gasteiger partial charge in [0.05, 0.1) is 0 Å². The fourth-order valence-corrected chi connectivity index (χ4v) is 1.71. The van der Waals surface area contributed by atoms with E-state index in [1.165, 1.54) is 5.56 Å². The number of phenols is 1. The van der Waals surface area contributed by atoms with Gasteiger partial charge in [0.1, 0.15) is 5.75 Å². The van der Waals surface area contributed by atoms with Gasteiger partial charge in [-0.1, -0.05) is 35.9 Å². The lowest BCUT2D eigenvalue weighted by Crippen LogP contribution is -1.86. The van der Waals surface area contributed by atoms with Gasteiger partial charge in [0.15, 0.2) is 0 Å². The summed E-state index contributed by atoms with van der Waals surface area (Å²) in [4.78, 5) is 0. The number of phenolic OH excluding ortho intramolecular Hbond substituents is 1. The van der Waals surface area contributed by atoms with Crippen molar-refractivity contribution in [1.82, 2.24) is 0 Å². The van der Waals surface area contributed by atoms with Crippen LogP contribution in [-0.2, 0) is 6.42 Å². The van der Waals surface area contributed by atoms with E-state index < -0.39 is 0 Å². The Bertz CT molecular complexity index is 448. The van der Waals surface area contributed by atoms with Crippen LogP contribution in [-0.4, -0.2) is 5.11 Å². The average Bonchev–Trinajstić information content (AvgIpc) is 2.22. The Hall–Kier alpha value is -1.47. The molecule has 0 aromatic heterocycles. The molecule has 0 aliphatic rings. The molecule has 2 rings (SSSR count). The number of benzene rings is 2. The lowest BCUT2D eigenvalue weighted by Gasteiger charge is -2.02. The van der Waals surface area contributed by atoms with Crippen molar-refractivity contribution in [2.75, 3.05) is 0 Å². The molecule has 76 valence electrons. The Morgan fingerprint density at radius 3 is 2.33 bits per heavy atom. The third kappa shape index (κ3) is 2.74. The molecule has 0 fully saturated rings. The molecule has 0 radical (unpaired) electrons. The van der Waals surface area contributed by atoms with E-state index in [2.05, 4.69) is 0 Å². The Morgan fingerprint density at radius 2 is 1.67 bits per heavy atom. The van der Waals surface area contributed by atoms with Crippen LogP contribution in [0.4, 0.5) is 0 Å². The van der Waals surface area contributed by atoms with Gasteiger partial charge in [-0.15, -0.1) is 0 Å². The summed E-state index contributed by atoms with van der Waals surface area (Å²) in [6.07, 6.45) is 0.834. The first-order valence-electron chi connectivity index (χ1n) is 4.76. The summed E-state index contributed by atoms with van der Waals surface area (Å²) in [5, 5.41) is 9.90. The Balaban J connectivity index is 2.18. The minimum Gasteiger partial charge on any atom is -0.508 e. The molecule has 2 heteroatoms. The van der Waals surface area contributed by atoms with Crippen LogP contribution in [0.3, 0.4) is 0 Å². The van der Waals surface area contributed by atoms with E-state index in [0.29, 0.717) is 5.75 Å². The van der Waals surface area contributed by atoms with Gasteiger partial charge in [-0.25, -0.2) is 0 Å². The van der Waals surface area contributed by atoms with E-state index in [4.69, 9.17) is 16.7 Å². The van der Waals surface area contributed by atoms with Crippen LogP contribution >= 0.6 is 11.6 Å². The van der Waals surface area contributed by atoms with E-state index in [-0.39, 0.29) is 0 Å². The van der Waals surface area contributed by atoms with Gasteiger partial charge in [-0.2, -0.15) is 0 Å². The zero-order valence-electron chi connectivity index (χ0n) is 8.15. The van der Waals surface area contributed by atoms with Crippen LogP contribution in [0.1, 0.15) is 11.1 Å². The van der Waals surface area contributed by atoms with Gasteiger partial charge in [-0.3, -0.25) is 0 Å². The molecule has 0 unspecified atom stereocenters. The van der Waals surface area contributed by atoms with Crippen molar-refractivity contribution >= 4 is 11.6 Å². The first kappa shape index (κ1) is 10.1. The minimum absolute atomic E-state index is 0.296. The fourth-order valence-electron chi connectivity index (χ4n) is 1.50. The van der Waals surface area contributed by atoms with Crippen LogP contribution < -0.4 is 0 Å². The largest absolute Gasteiger partial charge is 0.508 e. The topological polar surface area (TPSA) is 20.2 Å². The van der Waals surface area contributed by atoms with Crippen LogP contribution in [0.15, 0.2) is 48.5 Å². The van der Waals surface area contributed by atoms with Crippen molar-refractivity contribution in [3.05, 3.63) is 64.7 Å². The molecule has 0 saturated heterocycles.